The lowest BCUT2D eigenvalue weighted by Crippen LogP contribution is -2.42. The summed E-state index contributed by atoms with van der Waals surface area (Å²) in [5.74, 6) is 0.848. The number of nitriles is 1. The Balaban J connectivity index is 1.20. The van der Waals surface area contributed by atoms with Crippen LogP contribution in [-0.2, 0) is 17.1 Å². The summed E-state index contributed by atoms with van der Waals surface area (Å²) in [6.07, 6.45) is 8.16. The van der Waals surface area contributed by atoms with Gasteiger partial charge in [-0.25, -0.2) is 13.4 Å². The number of sulfonamides is 1. The second kappa shape index (κ2) is 10.5. The fourth-order valence-electron chi connectivity index (χ4n) is 4.89. The van der Waals surface area contributed by atoms with Crippen molar-refractivity contribution in [3.8, 4) is 17.2 Å². The van der Waals surface area contributed by atoms with Gasteiger partial charge in [0.2, 0.25) is 16.0 Å². The molecule has 12 heteroatoms. The molecule has 1 aliphatic carbocycles. The molecular formula is C25H30N8O3S. The Bertz CT molecular complexity index is 1390. The first-order chi connectivity index (χ1) is 17.8. The second-order valence-electron chi connectivity index (χ2n) is 9.63. The molecule has 0 bridgehead atoms. The van der Waals surface area contributed by atoms with Gasteiger partial charge in [0, 0.05) is 44.0 Å². The average molecular weight is 523 g/mol. The van der Waals surface area contributed by atoms with Gasteiger partial charge in [0.05, 0.1) is 23.4 Å². The maximum Gasteiger partial charge on any atom is 0.243 e. The Kier molecular flexibility index (Phi) is 7.10. The van der Waals surface area contributed by atoms with E-state index >= 15 is 0 Å². The highest BCUT2D eigenvalue weighted by molar-refractivity contribution is 7.89. The van der Waals surface area contributed by atoms with Crippen LogP contribution in [0.15, 0.2) is 47.8 Å². The molecule has 2 atom stereocenters. The third-order valence-corrected chi connectivity index (χ3v) is 8.89. The van der Waals surface area contributed by atoms with E-state index in [9.17, 15) is 18.8 Å². The Morgan fingerprint density at radius 1 is 1.03 bits per heavy atom. The summed E-state index contributed by atoms with van der Waals surface area (Å²) in [4.78, 5) is 9.05. The summed E-state index contributed by atoms with van der Waals surface area (Å²) in [6, 6.07) is 9.08. The van der Waals surface area contributed by atoms with Crippen LogP contribution in [0.1, 0.15) is 37.7 Å². The fourth-order valence-corrected chi connectivity index (χ4v) is 6.36. The average Bonchev–Trinajstić information content (AvgIpc) is 3.52. The van der Waals surface area contributed by atoms with Crippen LogP contribution in [0.2, 0.25) is 0 Å². The van der Waals surface area contributed by atoms with Crippen molar-refractivity contribution in [1.29, 1.82) is 5.26 Å². The zero-order valence-corrected chi connectivity index (χ0v) is 21.4. The highest BCUT2D eigenvalue weighted by atomic mass is 32.2. The molecule has 11 nitrogen and oxygen atoms in total. The number of aromatic nitrogens is 4. The Morgan fingerprint density at radius 2 is 1.78 bits per heavy atom. The molecule has 3 heterocycles. The van der Waals surface area contributed by atoms with Gasteiger partial charge in [0.1, 0.15) is 17.5 Å². The lowest BCUT2D eigenvalue weighted by atomic mass is 10.1. The summed E-state index contributed by atoms with van der Waals surface area (Å²) >= 11 is 0. The van der Waals surface area contributed by atoms with Crippen LogP contribution < -0.4 is 10.6 Å². The van der Waals surface area contributed by atoms with E-state index in [0.717, 1.165) is 24.0 Å². The first-order valence-electron chi connectivity index (χ1n) is 12.4. The molecule has 5 rings (SSSR count). The summed E-state index contributed by atoms with van der Waals surface area (Å²) in [5.41, 5.74) is 2.19. The van der Waals surface area contributed by atoms with Gasteiger partial charge in [-0.2, -0.15) is 19.6 Å². The van der Waals surface area contributed by atoms with Crippen molar-refractivity contribution in [3.63, 3.8) is 0 Å². The predicted molar refractivity (Wildman–Crippen MR) is 138 cm³/mol. The molecule has 0 spiro atoms. The molecule has 194 valence electrons. The number of aliphatic hydroxyl groups excluding tert-OH is 1. The topological polar surface area (TPSA) is 149 Å². The zero-order chi connectivity index (χ0) is 26.0. The molecular weight excluding hydrogens is 492 g/mol. The first-order valence-corrected chi connectivity index (χ1v) is 13.8. The molecule has 0 radical (unpaired) electrons. The van der Waals surface area contributed by atoms with E-state index in [1.54, 1.807) is 35.1 Å². The standard InChI is InChI=1S/C25H30N8O3S/c1-32-16-19(15-28-32)17-2-6-23(7-3-17)37(35,36)33-10-8-20(9-11-33)30-25-27-14-18(13-26)24(31-25)29-21-4-5-22(34)12-21/h2-3,6-7,14-16,20-22,34H,4-5,8-12H2,1H3,(H2,27,29,30,31)/t21-,22-/m0/s1. The normalized spacial score (nSPS) is 21.0. The Morgan fingerprint density at radius 3 is 2.41 bits per heavy atom. The minimum Gasteiger partial charge on any atom is -0.393 e. The lowest BCUT2D eigenvalue weighted by Gasteiger charge is -2.31. The summed E-state index contributed by atoms with van der Waals surface area (Å²) in [5, 5.41) is 29.9. The van der Waals surface area contributed by atoms with E-state index in [1.165, 1.54) is 10.5 Å². The predicted octanol–water partition coefficient (Wildman–Crippen LogP) is 2.34. The number of aryl methyl sites for hydroxylation is 1. The van der Waals surface area contributed by atoms with Gasteiger partial charge in [-0.1, -0.05) is 12.1 Å². The van der Waals surface area contributed by atoms with Crippen molar-refractivity contribution in [2.45, 2.75) is 55.2 Å². The minimum atomic E-state index is -3.60. The van der Waals surface area contributed by atoms with Crippen molar-refractivity contribution in [1.82, 2.24) is 24.1 Å². The number of benzene rings is 1. The quantitative estimate of drug-likeness (QED) is 0.425. The molecule has 3 aromatic rings. The maximum atomic E-state index is 13.2. The van der Waals surface area contributed by atoms with Crippen LogP contribution >= 0.6 is 0 Å². The summed E-state index contributed by atoms with van der Waals surface area (Å²) < 4.78 is 29.7. The third kappa shape index (κ3) is 5.58. The van der Waals surface area contributed by atoms with E-state index in [-0.39, 0.29) is 23.1 Å². The van der Waals surface area contributed by atoms with Gasteiger partial charge >= 0.3 is 0 Å². The summed E-state index contributed by atoms with van der Waals surface area (Å²) in [7, 11) is -1.76. The number of nitrogens with zero attached hydrogens (tertiary/aromatic N) is 6. The number of hydrogen-bond acceptors (Lipinski definition) is 9. The maximum absolute atomic E-state index is 13.2. The third-order valence-electron chi connectivity index (χ3n) is 6.97. The van der Waals surface area contributed by atoms with Crippen molar-refractivity contribution in [3.05, 3.63) is 48.4 Å². The molecule has 1 saturated heterocycles. The van der Waals surface area contributed by atoms with E-state index in [2.05, 4.69) is 31.8 Å². The van der Waals surface area contributed by atoms with E-state index < -0.39 is 10.0 Å². The fraction of sp³-hybridized carbons (Fsp3) is 0.440. The number of aliphatic hydroxyl groups is 1. The Hall–Kier alpha value is -3.53. The zero-order valence-electron chi connectivity index (χ0n) is 20.6. The molecule has 2 aromatic heterocycles. The molecule has 2 aliphatic rings. The van der Waals surface area contributed by atoms with Crippen LogP contribution in [0.5, 0.6) is 0 Å². The molecule has 37 heavy (non-hydrogen) atoms. The van der Waals surface area contributed by atoms with E-state index in [0.29, 0.717) is 49.7 Å². The minimum absolute atomic E-state index is 0.00787. The van der Waals surface area contributed by atoms with Gasteiger partial charge in [-0.15, -0.1) is 0 Å². The van der Waals surface area contributed by atoms with Crippen LogP contribution in [0, 0.1) is 11.3 Å². The van der Waals surface area contributed by atoms with Crippen molar-refractivity contribution < 1.29 is 13.5 Å². The van der Waals surface area contributed by atoms with Gasteiger partial charge in [0.25, 0.3) is 0 Å². The highest BCUT2D eigenvalue weighted by Gasteiger charge is 2.30. The summed E-state index contributed by atoms with van der Waals surface area (Å²) in [6.45, 7) is 0.761. The van der Waals surface area contributed by atoms with Crippen molar-refractivity contribution in [2.24, 2.45) is 7.05 Å². The van der Waals surface area contributed by atoms with E-state index in [1.807, 2.05) is 13.2 Å². The molecule has 1 aliphatic heterocycles. The number of piperidine rings is 1. The first kappa shape index (κ1) is 25.1. The SMILES string of the molecule is Cn1cc(-c2ccc(S(=O)(=O)N3CCC(Nc4ncc(C#N)c(N[C@H]5CC[C@H](O)C5)n4)CC3)cc2)cn1. The molecule has 3 N–H and O–H groups in total. The van der Waals surface area contributed by atoms with Gasteiger partial charge in [0.15, 0.2) is 0 Å². The monoisotopic (exact) mass is 522 g/mol. The molecule has 1 saturated carbocycles. The van der Waals surface area contributed by atoms with Gasteiger partial charge in [-0.05, 0) is 49.8 Å². The van der Waals surface area contributed by atoms with Crippen molar-refractivity contribution in [2.75, 3.05) is 23.7 Å². The molecule has 1 aromatic carbocycles. The van der Waals surface area contributed by atoms with Gasteiger partial charge in [-0.3, -0.25) is 4.68 Å². The number of anilines is 2. The van der Waals surface area contributed by atoms with E-state index in [4.69, 9.17) is 0 Å². The highest BCUT2D eigenvalue weighted by Crippen LogP contribution is 2.27. The van der Waals surface area contributed by atoms with Crippen LogP contribution in [0.3, 0.4) is 0 Å². The van der Waals surface area contributed by atoms with Crippen molar-refractivity contribution >= 4 is 21.8 Å². The largest absolute Gasteiger partial charge is 0.393 e. The molecule has 0 unspecified atom stereocenters. The number of hydrogen-bond donors (Lipinski definition) is 3. The van der Waals surface area contributed by atoms with Gasteiger partial charge < -0.3 is 15.7 Å². The number of nitrogens with one attached hydrogen (secondary N) is 2. The van der Waals surface area contributed by atoms with Crippen LogP contribution in [-0.4, -0.2) is 68.9 Å². The molecule has 0 amide bonds. The smallest absolute Gasteiger partial charge is 0.243 e. The number of rotatable bonds is 7. The Labute approximate surface area is 216 Å². The van der Waals surface area contributed by atoms with Crippen LogP contribution in [0.4, 0.5) is 11.8 Å². The lowest BCUT2D eigenvalue weighted by molar-refractivity contribution is 0.182. The van der Waals surface area contributed by atoms with Crippen LogP contribution in [0.25, 0.3) is 11.1 Å². The second-order valence-corrected chi connectivity index (χ2v) is 11.6. The molecule has 2 fully saturated rings.